The van der Waals surface area contributed by atoms with Crippen molar-refractivity contribution in [3.05, 3.63) is 95.1 Å². The molecule has 3 amide bonds. The molecule has 170 valence electrons. The van der Waals surface area contributed by atoms with Gasteiger partial charge < -0.3 is 15.3 Å². The Balaban J connectivity index is 1.48. The summed E-state index contributed by atoms with van der Waals surface area (Å²) in [7, 11) is 0. The zero-order valence-electron chi connectivity index (χ0n) is 19.0. The van der Waals surface area contributed by atoms with Crippen LogP contribution in [0.1, 0.15) is 46.5 Å². The normalized spacial score (nSPS) is 14.8. The fourth-order valence-corrected chi connectivity index (χ4v) is 3.98. The molecule has 3 aromatic carbocycles. The van der Waals surface area contributed by atoms with Crippen LogP contribution in [0, 0.1) is 6.92 Å². The van der Waals surface area contributed by atoms with Crippen LogP contribution in [0.4, 0.5) is 16.2 Å². The fourth-order valence-electron chi connectivity index (χ4n) is 3.98. The van der Waals surface area contributed by atoms with E-state index in [9.17, 15) is 14.7 Å². The standard InChI is InChI=1S/C27H29N3O3/c1-19-10-12-21(13-11-19)18-29-14-5-15-30(27(29)33)25-9-4-7-23(17-25)26(32)28-24-8-3-6-22(16-24)20(2)31/h3-4,6-13,16-17,20,31H,5,14-15,18H2,1-2H3,(H,28,32)/t20-/m0/s1. The molecule has 0 radical (unpaired) electrons. The van der Waals surface area contributed by atoms with Crippen LogP contribution in [0.3, 0.4) is 0 Å². The second kappa shape index (κ2) is 9.88. The summed E-state index contributed by atoms with van der Waals surface area (Å²) < 4.78 is 0. The molecule has 2 N–H and O–H groups in total. The van der Waals surface area contributed by atoms with Crippen LogP contribution in [0.2, 0.25) is 0 Å². The van der Waals surface area contributed by atoms with Crippen molar-refractivity contribution >= 4 is 23.3 Å². The number of benzene rings is 3. The zero-order chi connectivity index (χ0) is 23.4. The molecule has 1 aliphatic rings. The smallest absolute Gasteiger partial charge is 0.324 e. The Bertz CT molecular complexity index is 1140. The highest BCUT2D eigenvalue weighted by Crippen LogP contribution is 2.24. The Morgan fingerprint density at radius 3 is 2.55 bits per heavy atom. The molecule has 33 heavy (non-hydrogen) atoms. The molecule has 1 saturated heterocycles. The molecule has 0 aromatic heterocycles. The van der Waals surface area contributed by atoms with Gasteiger partial charge in [0.15, 0.2) is 0 Å². The van der Waals surface area contributed by atoms with Crippen LogP contribution in [0.15, 0.2) is 72.8 Å². The van der Waals surface area contributed by atoms with Gasteiger partial charge >= 0.3 is 6.03 Å². The molecular formula is C27H29N3O3. The van der Waals surface area contributed by atoms with E-state index in [0.29, 0.717) is 36.6 Å². The molecule has 6 heteroatoms. The van der Waals surface area contributed by atoms with E-state index in [1.807, 2.05) is 24.0 Å². The van der Waals surface area contributed by atoms with E-state index in [-0.39, 0.29) is 11.9 Å². The molecule has 1 fully saturated rings. The van der Waals surface area contributed by atoms with E-state index in [1.165, 1.54) is 5.56 Å². The van der Waals surface area contributed by atoms with Crippen molar-refractivity contribution in [2.45, 2.75) is 32.9 Å². The van der Waals surface area contributed by atoms with Crippen molar-refractivity contribution in [1.82, 2.24) is 4.90 Å². The minimum Gasteiger partial charge on any atom is -0.389 e. The van der Waals surface area contributed by atoms with Crippen LogP contribution in [-0.4, -0.2) is 35.0 Å². The van der Waals surface area contributed by atoms with Crippen LogP contribution >= 0.6 is 0 Å². The Morgan fingerprint density at radius 2 is 1.79 bits per heavy atom. The van der Waals surface area contributed by atoms with E-state index in [4.69, 9.17) is 0 Å². The average molecular weight is 444 g/mol. The first-order valence-corrected chi connectivity index (χ1v) is 11.2. The molecule has 0 bridgehead atoms. The number of nitrogens with one attached hydrogen (secondary N) is 1. The third kappa shape index (κ3) is 5.41. The molecule has 1 aliphatic heterocycles. The lowest BCUT2D eigenvalue weighted by Crippen LogP contribution is -2.49. The lowest BCUT2D eigenvalue weighted by atomic mass is 10.1. The lowest BCUT2D eigenvalue weighted by Gasteiger charge is -2.36. The third-order valence-corrected chi connectivity index (χ3v) is 5.85. The number of carbonyl (C=O) groups is 2. The Morgan fingerprint density at radius 1 is 1.03 bits per heavy atom. The van der Waals surface area contributed by atoms with Gasteiger partial charge in [-0.2, -0.15) is 0 Å². The van der Waals surface area contributed by atoms with Crippen molar-refractivity contribution in [3.63, 3.8) is 0 Å². The van der Waals surface area contributed by atoms with Gasteiger partial charge in [-0.1, -0.05) is 48.0 Å². The number of aliphatic hydroxyl groups is 1. The molecule has 0 aliphatic carbocycles. The van der Waals surface area contributed by atoms with Gasteiger partial charge in [-0.3, -0.25) is 9.69 Å². The van der Waals surface area contributed by atoms with Gasteiger partial charge in [0.2, 0.25) is 0 Å². The van der Waals surface area contributed by atoms with Gasteiger partial charge in [0.1, 0.15) is 0 Å². The molecular weight excluding hydrogens is 414 g/mol. The van der Waals surface area contributed by atoms with E-state index < -0.39 is 6.10 Å². The highest BCUT2D eigenvalue weighted by atomic mass is 16.3. The number of hydrogen-bond donors (Lipinski definition) is 2. The molecule has 0 spiro atoms. The van der Waals surface area contributed by atoms with Gasteiger partial charge in [-0.05, 0) is 61.7 Å². The maximum Gasteiger partial charge on any atom is 0.324 e. The second-order valence-electron chi connectivity index (χ2n) is 8.50. The van der Waals surface area contributed by atoms with Crippen LogP contribution in [-0.2, 0) is 6.54 Å². The topological polar surface area (TPSA) is 72.9 Å². The lowest BCUT2D eigenvalue weighted by molar-refractivity contribution is 0.102. The molecule has 3 aromatic rings. The predicted octanol–water partition coefficient (Wildman–Crippen LogP) is 5.13. The first-order valence-electron chi connectivity index (χ1n) is 11.2. The van der Waals surface area contributed by atoms with E-state index in [2.05, 4.69) is 29.6 Å². The number of urea groups is 1. The summed E-state index contributed by atoms with van der Waals surface area (Å²) in [6, 6.07) is 22.4. The maximum absolute atomic E-state index is 13.2. The van der Waals surface area contributed by atoms with Gasteiger partial charge in [0, 0.05) is 36.6 Å². The number of anilines is 2. The number of aliphatic hydroxyl groups excluding tert-OH is 1. The summed E-state index contributed by atoms with van der Waals surface area (Å²) in [5, 5.41) is 12.7. The van der Waals surface area contributed by atoms with Crippen LogP contribution in [0.25, 0.3) is 0 Å². The van der Waals surface area contributed by atoms with Gasteiger partial charge in [0.05, 0.1) is 6.10 Å². The van der Waals surface area contributed by atoms with Crippen molar-refractivity contribution in [3.8, 4) is 0 Å². The number of nitrogens with zero attached hydrogens (tertiary/aromatic N) is 2. The summed E-state index contributed by atoms with van der Waals surface area (Å²) in [6.07, 6.45) is 0.248. The molecule has 1 heterocycles. The fraction of sp³-hybridized carbons (Fsp3) is 0.259. The van der Waals surface area contributed by atoms with Gasteiger partial charge in [-0.25, -0.2) is 4.79 Å². The summed E-state index contributed by atoms with van der Waals surface area (Å²) in [5.41, 5.74) is 4.81. The maximum atomic E-state index is 13.2. The minimum atomic E-state index is -0.613. The summed E-state index contributed by atoms with van der Waals surface area (Å²) in [6.45, 7) is 5.62. The van der Waals surface area contributed by atoms with E-state index in [1.54, 1.807) is 48.2 Å². The highest BCUT2D eigenvalue weighted by Gasteiger charge is 2.27. The summed E-state index contributed by atoms with van der Waals surface area (Å²) in [5.74, 6) is -0.263. The number of carbonyl (C=O) groups excluding carboxylic acids is 2. The summed E-state index contributed by atoms with van der Waals surface area (Å²) in [4.78, 5) is 29.6. The van der Waals surface area contributed by atoms with Crippen molar-refractivity contribution < 1.29 is 14.7 Å². The molecule has 6 nitrogen and oxygen atoms in total. The second-order valence-corrected chi connectivity index (χ2v) is 8.50. The van der Waals surface area contributed by atoms with Gasteiger partial charge in [0.25, 0.3) is 5.91 Å². The quantitative estimate of drug-likeness (QED) is 0.555. The number of rotatable bonds is 6. The van der Waals surface area contributed by atoms with Crippen molar-refractivity contribution in [2.75, 3.05) is 23.3 Å². The predicted molar refractivity (Wildman–Crippen MR) is 130 cm³/mol. The van der Waals surface area contributed by atoms with Crippen molar-refractivity contribution in [2.24, 2.45) is 0 Å². The summed E-state index contributed by atoms with van der Waals surface area (Å²) >= 11 is 0. The molecule has 0 unspecified atom stereocenters. The Labute approximate surface area is 194 Å². The van der Waals surface area contributed by atoms with Gasteiger partial charge in [-0.15, -0.1) is 0 Å². The monoisotopic (exact) mass is 443 g/mol. The first kappa shape index (κ1) is 22.6. The third-order valence-electron chi connectivity index (χ3n) is 5.85. The molecule has 4 rings (SSSR count). The van der Waals surface area contributed by atoms with Crippen LogP contribution < -0.4 is 10.2 Å². The minimum absolute atomic E-state index is 0.0518. The molecule has 1 atom stereocenters. The van der Waals surface area contributed by atoms with E-state index in [0.717, 1.165) is 17.5 Å². The average Bonchev–Trinajstić information content (AvgIpc) is 2.82. The highest BCUT2D eigenvalue weighted by molar-refractivity contribution is 6.05. The Kier molecular flexibility index (Phi) is 6.75. The van der Waals surface area contributed by atoms with Crippen molar-refractivity contribution in [1.29, 1.82) is 0 Å². The van der Waals surface area contributed by atoms with E-state index >= 15 is 0 Å². The number of amides is 3. The Hall–Kier alpha value is -3.64. The number of aryl methyl sites for hydroxylation is 1. The largest absolute Gasteiger partial charge is 0.389 e. The first-order chi connectivity index (χ1) is 15.9. The molecule has 0 saturated carbocycles. The number of hydrogen-bond acceptors (Lipinski definition) is 3. The SMILES string of the molecule is Cc1ccc(CN2CCCN(c3cccc(C(=O)Nc4cccc([C@H](C)O)c4)c3)C2=O)cc1. The zero-order valence-corrected chi connectivity index (χ0v) is 19.0. The van der Waals surface area contributed by atoms with Crippen LogP contribution in [0.5, 0.6) is 0 Å².